The molecule has 0 spiro atoms. The first-order valence-electron chi connectivity index (χ1n) is 13.0. The molecule has 0 aromatic heterocycles. The summed E-state index contributed by atoms with van der Waals surface area (Å²) < 4.78 is 10.6. The highest BCUT2D eigenvalue weighted by Gasteiger charge is 2.24. The van der Waals surface area contributed by atoms with Crippen LogP contribution < -0.4 is 20.5 Å². The van der Waals surface area contributed by atoms with Crippen molar-refractivity contribution in [3.63, 3.8) is 0 Å². The highest BCUT2D eigenvalue weighted by molar-refractivity contribution is 6.32. The molecule has 4 rings (SSSR count). The Bertz CT molecular complexity index is 1560. The van der Waals surface area contributed by atoms with E-state index in [1.807, 2.05) is 48.5 Å². The highest BCUT2D eigenvalue weighted by Crippen LogP contribution is 2.41. The molecule has 0 bridgehead atoms. The van der Waals surface area contributed by atoms with Crippen LogP contribution in [-0.2, 0) is 5.54 Å². The van der Waals surface area contributed by atoms with Crippen molar-refractivity contribution in [1.82, 2.24) is 0 Å². The Hall–Kier alpha value is -4.14. The van der Waals surface area contributed by atoms with E-state index in [1.54, 1.807) is 12.1 Å². The largest absolute Gasteiger partial charge is 0.505 e. The van der Waals surface area contributed by atoms with E-state index in [9.17, 15) is 9.90 Å². The number of anilines is 1. The zero-order valence-electron chi connectivity index (χ0n) is 23.0. The minimum atomic E-state index is -0.571. The lowest BCUT2D eigenvalue weighted by Crippen LogP contribution is -2.35. The number of fused-ring (bicyclic) bond motifs is 1. The van der Waals surface area contributed by atoms with Crippen molar-refractivity contribution in [2.45, 2.75) is 38.6 Å². The minimum Gasteiger partial charge on any atom is -0.505 e. The third-order valence-corrected chi connectivity index (χ3v) is 7.29. The Kier molecular flexibility index (Phi) is 8.92. The number of phenolic OH excluding ortho intramolecular Hbond substituents is 1. The predicted molar refractivity (Wildman–Crippen MR) is 160 cm³/mol. The maximum atomic E-state index is 13.4. The smallest absolute Gasteiger partial charge is 0.259 e. The molecule has 9 heteroatoms. The van der Waals surface area contributed by atoms with Gasteiger partial charge in [0.05, 0.1) is 36.2 Å². The molecule has 1 atom stereocenters. The molecule has 4 aromatic carbocycles. The van der Waals surface area contributed by atoms with E-state index >= 15 is 0 Å². The number of methoxy groups -OCH3 is 2. The molecule has 0 aliphatic rings. The van der Waals surface area contributed by atoms with Gasteiger partial charge in [-0.05, 0) is 48.1 Å². The van der Waals surface area contributed by atoms with Crippen LogP contribution in [-0.4, -0.2) is 25.2 Å². The first-order valence-corrected chi connectivity index (χ1v) is 13.4. The maximum absolute atomic E-state index is 13.4. The van der Waals surface area contributed by atoms with Crippen LogP contribution in [0.25, 0.3) is 10.8 Å². The molecule has 0 aliphatic heterocycles. The van der Waals surface area contributed by atoms with Crippen molar-refractivity contribution in [1.29, 1.82) is 0 Å². The number of ether oxygens (including phenoxy) is 2. The summed E-state index contributed by atoms with van der Waals surface area (Å²) >= 11 is 6.26. The van der Waals surface area contributed by atoms with Crippen molar-refractivity contribution in [3.05, 3.63) is 82.9 Å². The Morgan fingerprint density at radius 1 is 1.00 bits per heavy atom. The Balaban J connectivity index is 1.70. The van der Waals surface area contributed by atoms with E-state index < -0.39 is 11.4 Å². The molecular formula is C31H33ClN4O4. The number of hydrogen-bond acceptors (Lipinski definition) is 7. The van der Waals surface area contributed by atoms with Crippen LogP contribution >= 0.6 is 11.6 Å². The number of benzene rings is 4. The molecule has 0 saturated heterocycles. The first kappa shape index (κ1) is 28.9. The summed E-state index contributed by atoms with van der Waals surface area (Å²) in [7, 11) is 2.95. The van der Waals surface area contributed by atoms with Gasteiger partial charge in [0.25, 0.3) is 5.91 Å². The number of halogens is 1. The van der Waals surface area contributed by atoms with Crippen molar-refractivity contribution < 1.29 is 19.4 Å². The molecule has 0 heterocycles. The van der Waals surface area contributed by atoms with E-state index in [4.69, 9.17) is 26.8 Å². The van der Waals surface area contributed by atoms with E-state index in [1.165, 1.54) is 20.3 Å². The van der Waals surface area contributed by atoms with Crippen LogP contribution in [0.2, 0.25) is 5.02 Å². The van der Waals surface area contributed by atoms with Gasteiger partial charge in [0.1, 0.15) is 17.2 Å². The van der Waals surface area contributed by atoms with Crippen LogP contribution in [0.3, 0.4) is 0 Å². The molecule has 0 aliphatic carbocycles. The first-order chi connectivity index (χ1) is 19.2. The van der Waals surface area contributed by atoms with Gasteiger partial charge in [0, 0.05) is 17.0 Å². The van der Waals surface area contributed by atoms with Gasteiger partial charge in [-0.1, -0.05) is 68.3 Å². The number of carbonyl (C=O) groups is 1. The second kappa shape index (κ2) is 12.4. The highest BCUT2D eigenvalue weighted by atomic mass is 35.5. The van der Waals surface area contributed by atoms with Gasteiger partial charge in [-0.15, -0.1) is 5.11 Å². The van der Waals surface area contributed by atoms with E-state index in [0.29, 0.717) is 38.7 Å². The molecule has 4 aromatic rings. The quantitative estimate of drug-likeness (QED) is 0.169. The second-order valence-corrected chi connectivity index (χ2v) is 9.90. The number of nitrogens with two attached hydrogens (primary N) is 1. The molecule has 208 valence electrons. The van der Waals surface area contributed by atoms with Crippen LogP contribution in [0.5, 0.6) is 17.2 Å². The predicted octanol–water partition coefficient (Wildman–Crippen LogP) is 8.25. The van der Waals surface area contributed by atoms with Gasteiger partial charge < -0.3 is 25.6 Å². The van der Waals surface area contributed by atoms with E-state index in [-0.39, 0.29) is 17.0 Å². The minimum absolute atomic E-state index is 0.0208. The lowest BCUT2D eigenvalue weighted by Gasteiger charge is -2.28. The fraction of sp³-hybridized carbons (Fsp3) is 0.258. The summed E-state index contributed by atoms with van der Waals surface area (Å²) in [6, 6.07) is 19.6. The summed E-state index contributed by atoms with van der Waals surface area (Å²) in [4.78, 5) is 13.4. The number of azo groups is 1. The fourth-order valence-electron chi connectivity index (χ4n) is 4.68. The van der Waals surface area contributed by atoms with Gasteiger partial charge in [-0.3, -0.25) is 4.79 Å². The van der Waals surface area contributed by atoms with Crippen LogP contribution in [0.1, 0.15) is 49.0 Å². The number of nitrogens with one attached hydrogen (secondary N) is 1. The Labute approximate surface area is 238 Å². The number of hydrogen-bond donors (Lipinski definition) is 3. The van der Waals surface area contributed by atoms with E-state index in [0.717, 1.165) is 24.8 Å². The third-order valence-electron chi connectivity index (χ3n) is 7.00. The van der Waals surface area contributed by atoms with Crippen molar-refractivity contribution in [2.75, 3.05) is 19.5 Å². The fourth-order valence-corrected chi connectivity index (χ4v) is 4.92. The molecule has 0 saturated carbocycles. The SMILES string of the molecule is CCCC(N)(CC)c1ccc(N=Nc2c(O)c(C(=O)Nc3cc(Cl)c(OC)cc3OC)cc3ccccc23)cc1. The number of nitrogens with zero attached hydrogens (tertiary/aromatic N) is 2. The maximum Gasteiger partial charge on any atom is 0.259 e. The lowest BCUT2D eigenvalue weighted by molar-refractivity contribution is 0.102. The summed E-state index contributed by atoms with van der Waals surface area (Å²) in [5.41, 5.74) is 8.38. The molecule has 0 radical (unpaired) electrons. The summed E-state index contributed by atoms with van der Waals surface area (Å²) in [5.74, 6) is -0.122. The molecule has 4 N–H and O–H groups in total. The summed E-state index contributed by atoms with van der Waals surface area (Å²) in [6.45, 7) is 4.20. The standard InChI is InChI=1S/C31H33ClN4O4/c1-5-15-31(33,6-2)20-11-13-21(14-12-20)35-36-28-22-10-8-7-9-19(22)16-23(29(28)37)30(38)34-25-17-24(32)26(39-3)18-27(25)40-4/h7-14,16-18,37H,5-6,15,33H2,1-4H3,(H,34,38). The number of carbonyl (C=O) groups excluding carboxylic acids is 1. The molecule has 40 heavy (non-hydrogen) atoms. The van der Waals surface area contributed by atoms with Gasteiger partial charge in [0.2, 0.25) is 0 Å². The van der Waals surface area contributed by atoms with Gasteiger partial charge in [0.15, 0.2) is 5.75 Å². The number of phenols is 1. The zero-order chi connectivity index (χ0) is 28.9. The molecule has 8 nitrogen and oxygen atoms in total. The molecular weight excluding hydrogens is 528 g/mol. The van der Waals surface area contributed by atoms with Crippen molar-refractivity contribution in [3.8, 4) is 17.2 Å². The molecule has 1 unspecified atom stereocenters. The van der Waals surface area contributed by atoms with Crippen LogP contribution in [0.4, 0.5) is 17.1 Å². The van der Waals surface area contributed by atoms with E-state index in [2.05, 4.69) is 29.4 Å². The number of amides is 1. The molecule has 1 amide bonds. The summed E-state index contributed by atoms with van der Waals surface area (Å²) in [5, 5.41) is 24.4. The number of aromatic hydroxyl groups is 1. The van der Waals surface area contributed by atoms with Crippen molar-refractivity contribution >= 4 is 45.3 Å². The monoisotopic (exact) mass is 560 g/mol. The number of rotatable bonds is 10. The molecule has 0 fully saturated rings. The zero-order valence-corrected chi connectivity index (χ0v) is 23.7. The van der Waals surface area contributed by atoms with Crippen LogP contribution in [0, 0.1) is 0 Å². The average Bonchev–Trinajstić information content (AvgIpc) is 2.96. The van der Waals surface area contributed by atoms with Crippen LogP contribution in [0.15, 0.2) is 77.0 Å². The Morgan fingerprint density at radius 3 is 2.35 bits per heavy atom. The van der Waals surface area contributed by atoms with Gasteiger partial charge in [-0.2, -0.15) is 5.11 Å². The lowest BCUT2D eigenvalue weighted by atomic mass is 9.84. The van der Waals surface area contributed by atoms with Gasteiger partial charge in [-0.25, -0.2) is 0 Å². The second-order valence-electron chi connectivity index (χ2n) is 9.49. The van der Waals surface area contributed by atoms with Gasteiger partial charge >= 0.3 is 0 Å². The third kappa shape index (κ3) is 5.88. The van der Waals surface area contributed by atoms with Crippen molar-refractivity contribution in [2.24, 2.45) is 16.0 Å². The summed E-state index contributed by atoms with van der Waals surface area (Å²) in [6.07, 6.45) is 2.69. The Morgan fingerprint density at radius 2 is 1.70 bits per heavy atom. The topological polar surface area (TPSA) is 119 Å². The average molecular weight is 561 g/mol. The normalized spacial score (nSPS) is 12.8.